The molecule has 0 radical (unpaired) electrons. The van der Waals surface area contributed by atoms with Crippen molar-refractivity contribution >= 4 is 11.9 Å². The molecule has 3 aliphatic rings. The van der Waals surface area contributed by atoms with Crippen molar-refractivity contribution in [2.75, 3.05) is 7.05 Å². The van der Waals surface area contributed by atoms with E-state index in [0.717, 1.165) is 51.0 Å². The van der Waals surface area contributed by atoms with Crippen molar-refractivity contribution in [2.45, 2.75) is 94.9 Å². The number of carbonyl (C=O) groups excluding carboxylic acids is 1. The largest absolute Gasteiger partial charge is 0.371 e. The molecule has 0 bridgehead atoms. The minimum Gasteiger partial charge on any atom is -0.371 e. The van der Waals surface area contributed by atoms with Crippen LogP contribution >= 0.6 is 0 Å². The number of rotatable bonds is 7. The third-order valence-electron chi connectivity index (χ3n) is 8.06. The molecule has 1 amide bonds. The molecule has 182 valence electrons. The highest BCUT2D eigenvalue weighted by molar-refractivity contribution is 5.94. The van der Waals surface area contributed by atoms with E-state index in [9.17, 15) is 14.3 Å². The Morgan fingerprint density at radius 3 is 2.73 bits per heavy atom. The summed E-state index contributed by atoms with van der Waals surface area (Å²) in [5, 5.41) is 25.9. The fourth-order valence-electron chi connectivity index (χ4n) is 6.20. The molecular weight excluding hydrogens is 421 g/mol. The van der Waals surface area contributed by atoms with Gasteiger partial charge in [0.25, 0.3) is 5.91 Å². The van der Waals surface area contributed by atoms with Crippen LogP contribution in [0.25, 0.3) is 0 Å². The summed E-state index contributed by atoms with van der Waals surface area (Å²) in [6.07, 6.45) is 13.6. The summed E-state index contributed by atoms with van der Waals surface area (Å²) in [5.41, 5.74) is -0.231. The average Bonchev–Trinajstić information content (AvgIpc) is 3.02. The van der Waals surface area contributed by atoms with Crippen LogP contribution in [0.2, 0.25) is 0 Å². The number of aliphatic hydroxyl groups excluding tert-OH is 1. The second kappa shape index (κ2) is 10.4. The molecule has 4 atom stereocenters. The number of likely N-dealkylation sites (N-methyl/N-ethyl adjacent to an activating group) is 1. The van der Waals surface area contributed by atoms with Crippen molar-refractivity contribution < 1.29 is 14.3 Å². The molecule has 3 fully saturated rings. The number of aromatic nitrogens is 1. The lowest BCUT2D eigenvalue weighted by Gasteiger charge is -2.40. The van der Waals surface area contributed by atoms with Crippen LogP contribution in [-0.4, -0.2) is 51.7 Å². The van der Waals surface area contributed by atoms with Gasteiger partial charge in [-0.25, -0.2) is 4.98 Å². The van der Waals surface area contributed by atoms with Crippen molar-refractivity contribution in [3.63, 3.8) is 0 Å². The zero-order valence-corrected chi connectivity index (χ0v) is 19.7. The molecule has 2 aliphatic carbocycles. The predicted octanol–water partition coefficient (Wildman–Crippen LogP) is 3.79. The lowest BCUT2D eigenvalue weighted by molar-refractivity contribution is -0.00490. The first-order chi connectivity index (χ1) is 15.9. The molecule has 33 heavy (non-hydrogen) atoms. The molecule has 1 aliphatic heterocycles. The maximum absolute atomic E-state index is 13.4. The molecule has 2 heterocycles. The van der Waals surface area contributed by atoms with E-state index in [1.165, 1.54) is 44.4 Å². The van der Waals surface area contributed by atoms with Gasteiger partial charge in [0.2, 0.25) is 5.95 Å². The summed E-state index contributed by atoms with van der Waals surface area (Å²) in [5.74, 6) is 0.410. The quantitative estimate of drug-likeness (QED) is 0.465. The highest BCUT2D eigenvalue weighted by atomic mass is 19.1. The van der Waals surface area contributed by atoms with Crippen molar-refractivity contribution in [3.8, 4) is 0 Å². The van der Waals surface area contributed by atoms with E-state index in [1.54, 1.807) is 11.9 Å². The summed E-state index contributed by atoms with van der Waals surface area (Å²) in [7, 11) is 1.78. The molecule has 7 nitrogen and oxygen atoms in total. The second-order valence-electron chi connectivity index (χ2n) is 10.4. The summed E-state index contributed by atoms with van der Waals surface area (Å²) in [6, 6.07) is 2.72. The summed E-state index contributed by atoms with van der Waals surface area (Å²) in [4.78, 5) is 17.8. The Kier molecular flexibility index (Phi) is 7.51. The third kappa shape index (κ3) is 5.65. The van der Waals surface area contributed by atoms with Gasteiger partial charge < -0.3 is 20.6 Å². The Morgan fingerprint density at radius 1 is 1.27 bits per heavy atom. The minimum absolute atomic E-state index is 0.0265. The molecule has 8 heteroatoms. The van der Waals surface area contributed by atoms with Gasteiger partial charge in [-0.15, -0.1) is 0 Å². The molecule has 1 unspecified atom stereocenters. The van der Waals surface area contributed by atoms with E-state index in [2.05, 4.69) is 15.6 Å². The normalized spacial score (nSPS) is 30.8. The van der Waals surface area contributed by atoms with E-state index in [4.69, 9.17) is 5.41 Å². The average molecular weight is 460 g/mol. The zero-order chi connectivity index (χ0) is 23.4. The SMILES string of the molecule is CN1C(=N)N[C@](CCC2CCCCC2)(C[C@H]2CCC[C@@H](NC(=O)c3ccnc(F)c3)C2)C1O. The number of hydrogen-bond acceptors (Lipinski definition) is 4. The van der Waals surface area contributed by atoms with E-state index in [0.29, 0.717) is 11.8 Å². The van der Waals surface area contributed by atoms with Crippen LogP contribution in [0.3, 0.4) is 0 Å². The lowest BCUT2D eigenvalue weighted by atomic mass is 9.73. The monoisotopic (exact) mass is 459 g/mol. The number of guanidine groups is 1. The number of halogens is 1. The number of amides is 1. The number of carbonyl (C=O) groups is 1. The lowest BCUT2D eigenvalue weighted by Crippen LogP contribution is -2.52. The molecule has 0 spiro atoms. The van der Waals surface area contributed by atoms with Crippen LogP contribution < -0.4 is 10.6 Å². The van der Waals surface area contributed by atoms with Gasteiger partial charge in [0, 0.05) is 30.9 Å². The molecule has 0 aromatic carbocycles. The van der Waals surface area contributed by atoms with Crippen LogP contribution in [0.5, 0.6) is 0 Å². The maximum Gasteiger partial charge on any atom is 0.251 e. The fourth-order valence-corrected chi connectivity index (χ4v) is 6.20. The topological polar surface area (TPSA) is 101 Å². The van der Waals surface area contributed by atoms with Crippen molar-refractivity contribution in [3.05, 3.63) is 29.8 Å². The second-order valence-corrected chi connectivity index (χ2v) is 10.4. The maximum atomic E-state index is 13.4. The minimum atomic E-state index is -0.719. The molecule has 1 aromatic heterocycles. The van der Waals surface area contributed by atoms with Crippen molar-refractivity contribution in [1.29, 1.82) is 5.41 Å². The van der Waals surface area contributed by atoms with Gasteiger partial charge >= 0.3 is 0 Å². The molecule has 1 saturated heterocycles. The summed E-state index contributed by atoms with van der Waals surface area (Å²) in [6.45, 7) is 0. The van der Waals surface area contributed by atoms with Crippen LogP contribution in [-0.2, 0) is 0 Å². The number of hydrogen-bond donors (Lipinski definition) is 4. The molecule has 1 aromatic rings. The van der Waals surface area contributed by atoms with E-state index < -0.39 is 17.7 Å². The number of aliphatic hydroxyl groups is 1. The van der Waals surface area contributed by atoms with E-state index in [1.807, 2.05) is 0 Å². The van der Waals surface area contributed by atoms with E-state index >= 15 is 0 Å². The van der Waals surface area contributed by atoms with Gasteiger partial charge in [0.15, 0.2) is 12.2 Å². The Balaban J connectivity index is 1.40. The standard InChI is InChI=1S/C25H38FN5O2/c1-31-23(33)25(30-24(31)27,12-10-17-6-3-2-4-7-17)16-18-8-5-9-20(14-18)29-22(32)19-11-13-28-21(26)15-19/h11,13,15,17-18,20,23,33H,2-10,12,14,16H2,1H3,(H2,27,30)(H,29,32)/t18-,20+,23?,25+/m0/s1. The van der Waals surface area contributed by atoms with Gasteiger partial charge in [0.1, 0.15) is 0 Å². The van der Waals surface area contributed by atoms with E-state index in [-0.39, 0.29) is 23.5 Å². The van der Waals surface area contributed by atoms with Gasteiger partial charge in [-0.05, 0) is 50.0 Å². The number of nitrogens with zero attached hydrogens (tertiary/aromatic N) is 2. The van der Waals surface area contributed by atoms with Gasteiger partial charge in [-0.2, -0.15) is 4.39 Å². The molecule has 4 rings (SSSR count). The van der Waals surface area contributed by atoms with Crippen LogP contribution in [0.4, 0.5) is 4.39 Å². The van der Waals surface area contributed by atoms with Crippen molar-refractivity contribution in [1.82, 2.24) is 20.5 Å². The van der Waals surface area contributed by atoms with Gasteiger partial charge in [-0.1, -0.05) is 44.9 Å². The Morgan fingerprint density at radius 2 is 2.03 bits per heavy atom. The van der Waals surface area contributed by atoms with Crippen molar-refractivity contribution in [2.24, 2.45) is 11.8 Å². The van der Waals surface area contributed by atoms with Crippen LogP contribution in [0.15, 0.2) is 18.3 Å². The summed E-state index contributed by atoms with van der Waals surface area (Å²) >= 11 is 0. The zero-order valence-electron chi connectivity index (χ0n) is 19.7. The predicted molar refractivity (Wildman–Crippen MR) is 125 cm³/mol. The summed E-state index contributed by atoms with van der Waals surface area (Å²) < 4.78 is 13.4. The highest BCUT2D eigenvalue weighted by Crippen LogP contribution is 2.40. The molecule has 2 saturated carbocycles. The first-order valence-electron chi connectivity index (χ1n) is 12.6. The van der Waals surface area contributed by atoms with Crippen LogP contribution in [0, 0.1) is 23.2 Å². The van der Waals surface area contributed by atoms with Gasteiger partial charge in [0.05, 0.1) is 5.54 Å². The Labute approximate surface area is 196 Å². The molecular formula is C25H38FN5O2. The molecule has 4 N–H and O–H groups in total. The van der Waals surface area contributed by atoms with Crippen LogP contribution in [0.1, 0.15) is 87.4 Å². The Hall–Kier alpha value is -2.22. The number of pyridine rings is 1. The third-order valence-corrected chi connectivity index (χ3v) is 8.06. The smallest absolute Gasteiger partial charge is 0.251 e. The van der Waals surface area contributed by atoms with Gasteiger partial charge in [-0.3, -0.25) is 10.2 Å². The first kappa shape index (κ1) is 23.9. The fraction of sp³-hybridized carbons (Fsp3) is 0.720. The highest BCUT2D eigenvalue weighted by Gasteiger charge is 2.49. The number of nitrogens with one attached hydrogen (secondary N) is 3. The first-order valence-corrected chi connectivity index (χ1v) is 12.6. The Bertz CT molecular complexity index is 846.